The third-order valence-corrected chi connectivity index (χ3v) is 6.06. The standard InChI is InChI=1S/C27H27N3O5/c1-4-33-21-11-9-17(14-22(21)34-5-2)26-23-24(19-13-16(3)8-10-20(19)31)28-29-25(23)27(32)30(26)15-18-7-6-12-35-18/h6-14,26,31H,4-5,15H2,1-3H3,(H,28,29)/t26-/m1/s1. The topological polar surface area (TPSA) is 101 Å². The monoisotopic (exact) mass is 473 g/mol. The fourth-order valence-electron chi connectivity index (χ4n) is 4.56. The van der Waals surface area contributed by atoms with Gasteiger partial charge in [0.15, 0.2) is 11.5 Å². The molecule has 0 saturated heterocycles. The summed E-state index contributed by atoms with van der Waals surface area (Å²) in [7, 11) is 0. The van der Waals surface area contributed by atoms with E-state index in [-0.39, 0.29) is 18.2 Å². The van der Waals surface area contributed by atoms with Gasteiger partial charge in [-0.05, 0) is 62.7 Å². The first-order valence-corrected chi connectivity index (χ1v) is 11.6. The average Bonchev–Trinajstić information content (AvgIpc) is 3.57. The van der Waals surface area contributed by atoms with E-state index in [0.717, 1.165) is 11.1 Å². The Kier molecular flexibility index (Phi) is 5.94. The molecule has 0 fully saturated rings. The number of phenols is 1. The Morgan fingerprint density at radius 2 is 1.89 bits per heavy atom. The Balaban J connectivity index is 1.68. The lowest BCUT2D eigenvalue weighted by atomic mass is 9.94. The van der Waals surface area contributed by atoms with Crippen LogP contribution in [-0.4, -0.2) is 39.3 Å². The quantitative estimate of drug-likeness (QED) is 0.364. The number of ether oxygens (including phenoxy) is 2. The number of rotatable bonds is 8. The molecule has 0 unspecified atom stereocenters. The van der Waals surface area contributed by atoms with Gasteiger partial charge in [-0.1, -0.05) is 17.7 Å². The molecular formula is C27H27N3O5. The van der Waals surface area contributed by atoms with E-state index in [1.807, 2.05) is 57.2 Å². The Hall–Kier alpha value is -4.20. The fraction of sp³-hybridized carbons (Fsp3) is 0.259. The van der Waals surface area contributed by atoms with E-state index in [4.69, 9.17) is 13.9 Å². The van der Waals surface area contributed by atoms with Crippen molar-refractivity contribution < 1.29 is 23.8 Å². The van der Waals surface area contributed by atoms with E-state index in [9.17, 15) is 9.90 Å². The zero-order valence-corrected chi connectivity index (χ0v) is 19.9. The van der Waals surface area contributed by atoms with E-state index >= 15 is 0 Å². The van der Waals surface area contributed by atoms with Crippen LogP contribution in [0.15, 0.2) is 59.2 Å². The number of fused-ring (bicyclic) bond motifs is 1. The molecule has 2 aromatic heterocycles. The van der Waals surface area contributed by atoms with Crippen LogP contribution in [0, 0.1) is 6.92 Å². The van der Waals surface area contributed by atoms with Gasteiger partial charge in [0.1, 0.15) is 22.9 Å². The zero-order chi connectivity index (χ0) is 24.5. The number of nitrogens with zero attached hydrogens (tertiary/aromatic N) is 2. The number of carbonyl (C=O) groups is 1. The molecule has 0 bridgehead atoms. The second kappa shape index (κ2) is 9.21. The number of hydrogen-bond donors (Lipinski definition) is 2. The summed E-state index contributed by atoms with van der Waals surface area (Å²) in [5.74, 6) is 1.82. The van der Waals surface area contributed by atoms with Crippen molar-refractivity contribution >= 4 is 5.91 Å². The Bertz CT molecular complexity index is 1360. The predicted molar refractivity (Wildman–Crippen MR) is 130 cm³/mol. The minimum atomic E-state index is -0.480. The molecule has 35 heavy (non-hydrogen) atoms. The first-order valence-electron chi connectivity index (χ1n) is 11.6. The van der Waals surface area contributed by atoms with Crippen molar-refractivity contribution in [1.82, 2.24) is 15.1 Å². The fourth-order valence-corrected chi connectivity index (χ4v) is 4.56. The van der Waals surface area contributed by atoms with Crippen molar-refractivity contribution in [2.75, 3.05) is 13.2 Å². The van der Waals surface area contributed by atoms with Gasteiger partial charge in [0.25, 0.3) is 5.91 Å². The SMILES string of the molecule is CCOc1ccc([C@@H]2c3c(-c4cc(C)ccc4O)n[nH]c3C(=O)N2Cc2ccco2)cc1OCC. The number of phenolic OH excluding ortho intramolecular Hbond substituents is 1. The molecule has 0 radical (unpaired) electrons. The molecule has 180 valence electrons. The highest BCUT2D eigenvalue weighted by molar-refractivity contribution is 6.00. The van der Waals surface area contributed by atoms with Crippen LogP contribution in [0.5, 0.6) is 17.2 Å². The van der Waals surface area contributed by atoms with Gasteiger partial charge in [0.05, 0.1) is 32.1 Å². The van der Waals surface area contributed by atoms with Crippen LogP contribution in [0.25, 0.3) is 11.3 Å². The molecular weight excluding hydrogens is 446 g/mol. The maximum atomic E-state index is 13.6. The van der Waals surface area contributed by atoms with Crippen LogP contribution < -0.4 is 9.47 Å². The van der Waals surface area contributed by atoms with Crippen molar-refractivity contribution in [3.63, 3.8) is 0 Å². The molecule has 5 rings (SSSR count). The first-order chi connectivity index (χ1) is 17.0. The van der Waals surface area contributed by atoms with Crippen LogP contribution in [0.4, 0.5) is 0 Å². The first kappa shape index (κ1) is 22.6. The summed E-state index contributed by atoms with van der Waals surface area (Å²) < 4.78 is 17.2. The maximum Gasteiger partial charge on any atom is 0.273 e. The second-order valence-corrected chi connectivity index (χ2v) is 8.37. The Labute approximate surface area is 203 Å². The third-order valence-electron chi connectivity index (χ3n) is 6.06. The number of hydrogen-bond acceptors (Lipinski definition) is 6. The number of aromatic hydroxyl groups is 1. The van der Waals surface area contributed by atoms with Gasteiger partial charge < -0.3 is 23.9 Å². The van der Waals surface area contributed by atoms with Gasteiger partial charge in [0.2, 0.25) is 0 Å². The summed E-state index contributed by atoms with van der Waals surface area (Å²) in [5, 5.41) is 18.0. The number of benzene rings is 2. The molecule has 2 N–H and O–H groups in total. The molecule has 8 heteroatoms. The number of H-pyrrole nitrogens is 1. The number of furan rings is 1. The smallest absolute Gasteiger partial charge is 0.273 e. The van der Waals surface area contributed by atoms with E-state index in [2.05, 4.69) is 10.2 Å². The van der Waals surface area contributed by atoms with Crippen molar-refractivity contribution in [3.05, 3.63) is 82.9 Å². The number of amides is 1. The van der Waals surface area contributed by atoms with E-state index in [1.165, 1.54) is 0 Å². The largest absolute Gasteiger partial charge is 0.507 e. The summed E-state index contributed by atoms with van der Waals surface area (Å²) in [5.41, 5.74) is 4.01. The molecule has 4 aromatic rings. The van der Waals surface area contributed by atoms with E-state index < -0.39 is 6.04 Å². The van der Waals surface area contributed by atoms with E-state index in [1.54, 1.807) is 23.3 Å². The minimum Gasteiger partial charge on any atom is -0.507 e. The van der Waals surface area contributed by atoms with Gasteiger partial charge in [-0.2, -0.15) is 5.10 Å². The number of carbonyl (C=O) groups excluding carboxylic acids is 1. The van der Waals surface area contributed by atoms with Gasteiger partial charge in [-0.25, -0.2) is 0 Å². The van der Waals surface area contributed by atoms with Crippen molar-refractivity contribution in [2.45, 2.75) is 33.4 Å². The highest BCUT2D eigenvalue weighted by atomic mass is 16.5. The van der Waals surface area contributed by atoms with Gasteiger partial charge in [0, 0.05) is 11.1 Å². The highest BCUT2D eigenvalue weighted by Crippen LogP contribution is 2.46. The molecule has 1 aliphatic heterocycles. The summed E-state index contributed by atoms with van der Waals surface area (Å²) in [6.45, 7) is 7.04. The molecule has 1 aliphatic rings. The van der Waals surface area contributed by atoms with Crippen LogP contribution >= 0.6 is 0 Å². The molecule has 1 amide bonds. The van der Waals surface area contributed by atoms with Crippen molar-refractivity contribution in [2.24, 2.45) is 0 Å². The average molecular weight is 474 g/mol. The lowest BCUT2D eigenvalue weighted by molar-refractivity contribution is 0.0716. The molecule has 3 heterocycles. The Morgan fingerprint density at radius 3 is 2.63 bits per heavy atom. The summed E-state index contributed by atoms with van der Waals surface area (Å²) in [6.07, 6.45) is 1.59. The van der Waals surface area contributed by atoms with Gasteiger partial charge in [-0.3, -0.25) is 9.89 Å². The number of nitrogens with one attached hydrogen (secondary N) is 1. The molecule has 2 aromatic carbocycles. The normalized spacial score (nSPS) is 14.9. The zero-order valence-electron chi connectivity index (χ0n) is 19.9. The minimum absolute atomic E-state index is 0.0993. The molecule has 0 saturated carbocycles. The van der Waals surface area contributed by atoms with Gasteiger partial charge >= 0.3 is 0 Å². The summed E-state index contributed by atoms with van der Waals surface area (Å²) in [4.78, 5) is 15.3. The van der Waals surface area contributed by atoms with Crippen LogP contribution in [0.3, 0.4) is 0 Å². The van der Waals surface area contributed by atoms with Crippen LogP contribution in [0.2, 0.25) is 0 Å². The van der Waals surface area contributed by atoms with Crippen LogP contribution in [-0.2, 0) is 6.54 Å². The van der Waals surface area contributed by atoms with Crippen molar-refractivity contribution in [3.8, 4) is 28.5 Å². The maximum absolute atomic E-state index is 13.6. The summed E-state index contributed by atoms with van der Waals surface area (Å²) >= 11 is 0. The lowest BCUT2D eigenvalue weighted by Crippen LogP contribution is -2.29. The molecule has 0 spiro atoms. The number of aromatic nitrogens is 2. The summed E-state index contributed by atoms with van der Waals surface area (Å²) in [6, 6.07) is 14.2. The van der Waals surface area contributed by atoms with Crippen molar-refractivity contribution in [1.29, 1.82) is 0 Å². The molecule has 8 nitrogen and oxygen atoms in total. The molecule has 1 atom stereocenters. The second-order valence-electron chi connectivity index (χ2n) is 8.37. The number of aromatic amines is 1. The van der Waals surface area contributed by atoms with Crippen LogP contribution in [0.1, 0.15) is 52.8 Å². The Morgan fingerprint density at radius 1 is 1.09 bits per heavy atom. The molecule has 0 aliphatic carbocycles. The third kappa shape index (κ3) is 4.01. The highest BCUT2D eigenvalue weighted by Gasteiger charge is 2.43. The van der Waals surface area contributed by atoms with Gasteiger partial charge in [-0.15, -0.1) is 0 Å². The number of aryl methyl sites for hydroxylation is 1. The van der Waals surface area contributed by atoms with E-state index in [0.29, 0.717) is 53.0 Å². The predicted octanol–water partition coefficient (Wildman–Crippen LogP) is 5.23. The lowest BCUT2D eigenvalue weighted by Gasteiger charge is -2.26.